The number of benzene rings is 1. The summed E-state index contributed by atoms with van der Waals surface area (Å²) in [5.74, 6) is 1.01. The van der Waals surface area contributed by atoms with E-state index in [0.29, 0.717) is 17.2 Å². The molecule has 2 aromatic rings. The van der Waals surface area contributed by atoms with Crippen LogP contribution in [0.25, 0.3) is 11.4 Å². The molecule has 100 valence electrons. The Morgan fingerprint density at radius 3 is 2.65 bits per heavy atom. The molecule has 0 saturated carbocycles. The zero-order chi connectivity index (χ0) is 14.5. The quantitative estimate of drug-likeness (QED) is 0.518. The Balaban J connectivity index is 2.34. The van der Waals surface area contributed by atoms with E-state index in [0.717, 1.165) is 5.69 Å². The molecule has 0 aliphatic heterocycles. The third-order valence-electron chi connectivity index (χ3n) is 2.54. The van der Waals surface area contributed by atoms with Crippen LogP contribution in [0.15, 0.2) is 30.3 Å². The molecule has 20 heavy (non-hydrogen) atoms. The van der Waals surface area contributed by atoms with Gasteiger partial charge < -0.3 is 5.32 Å². The lowest BCUT2D eigenvalue weighted by Crippen LogP contribution is -2.03. The predicted octanol–water partition coefficient (Wildman–Crippen LogP) is 2.30. The molecule has 7 heteroatoms. The van der Waals surface area contributed by atoms with Crippen molar-refractivity contribution in [3.8, 4) is 17.5 Å². The fourth-order valence-corrected chi connectivity index (χ4v) is 1.65. The van der Waals surface area contributed by atoms with Crippen molar-refractivity contribution in [1.29, 1.82) is 5.26 Å². The number of hydrogen-bond acceptors (Lipinski definition) is 6. The molecule has 0 aliphatic rings. The molecule has 0 radical (unpaired) electrons. The Kier molecular flexibility index (Phi) is 3.86. The van der Waals surface area contributed by atoms with Gasteiger partial charge in [0.2, 0.25) is 0 Å². The highest BCUT2D eigenvalue weighted by Gasteiger charge is 2.08. The van der Waals surface area contributed by atoms with E-state index in [2.05, 4.69) is 15.3 Å². The van der Waals surface area contributed by atoms with Gasteiger partial charge in [-0.1, -0.05) is 0 Å². The van der Waals surface area contributed by atoms with Gasteiger partial charge in [-0.15, -0.1) is 0 Å². The first-order chi connectivity index (χ1) is 9.60. The molecule has 2 rings (SSSR count). The minimum absolute atomic E-state index is 0.0178. The summed E-state index contributed by atoms with van der Waals surface area (Å²) < 4.78 is 0. The van der Waals surface area contributed by atoms with Crippen molar-refractivity contribution in [2.45, 2.75) is 6.92 Å². The van der Waals surface area contributed by atoms with Crippen LogP contribution in [-0.2, 0) is 0 Å². The standard InChI is InChI=1S/C13H11N5O2/c1-9-8-12(15-7-6-14)17-13(16-9)10-2-4-11(5-3-10)18(19)20/h2-5,8H,7H2,1H3,(H,15,16,17). The molecular weight excluding hydrogens is 258 g/mol. The van der Waals surface area contributed by atoms with Crippen LogP contribution in [0.3, 0.4) is 0 Å². The van der Waals surface area contributed by atoms with Crippen molar-refractivity contribution in [1.82, 2.24) is 9.97 Å². The second kappa shape index (κ2) is 5.75. The zero-order valence-corrected chi connectivity index (χ0v) is 10.7. The Hall–Kier alpha value is -3.01. The van der Waals surface area contributed by atoms with Gasteiger partial charge >= 0.3 is 0 Å². The number of rotatable bonds is 4. The Bertz CT molecular complexity index is 676. The van der Waals surface area contributed by atoms with Crippen LogP contribution in [0.2, 0.25) is 0 Å². The number of aryl methyl sites for hydroxylation is 1. The van der Waals surface area contributed by atoms with E-state index in [1.54, 1.807) is 18.2 Å². The van der Waals surface area contributed by atoms with Gasteiger partial charge in [-0.2, -0.15) is 5.26 Å². The number of aromatic nitrogens is 2. The second-order valence-electron chi connectivity index (χ2n) is 4.03. The van der Waals surface area contributed by atoms with Gasteiger partial charge in [-0.3, -0.25) is 10.1 Å². The Morgan fingerprint density at radius 1 is 1.35 bits per heavy atom. The molecule has 0 fully saturated rings. The van der Waals surface area contributed by atoms with E-state index < -0.39 is 4.92 Å². The first-order valence-electron chi connectivity index (χ1n) is 5.81. The number of anilines is 1. The molecule has 0 atom stereocenters. The fraction of sp³-hybridized carbons (Fsp3) is 0.154. The minimum atomic E-state index is -0.458. The van der Waals surface area contributed by atoms with E-state index >= 15 is 0 Å². The van der Waals surface area contributed by atoms with E-state index in [9.17, 15) is 10.1 Å². The van der Waals surface area contributed by atoms with Gasteiger partial charge in [0.15, 0.2) is 5.82 Å². The average molecular weight is 269 g/mol. The lowest BCUT2D eigenvalue weighted by atomic mass is 10.2. The molecule has 0 amide bonds. The first kappa shape index (κ1) is 13.4. The summed E-state index contributed by atoms with van der Waals surface area (Å²) >= 11 is 0. The number of nitrogens with zero attached hydrogens (tertiary/aromatic N) is 4. The summed E-state index contributed by atoms with van der Waals surface area (Å²) in [6, 6.07) is 9.71. The van der Waals surface area contributed by atoms with Crippen LogP contribution < -0.4 is 5.32 Å². The largest absolute Gasteiger partial charge is 0.357 e. The number of nitro benzene ring substituents is 1. The minimum Gasteiger partial charge on any atom is -0.357 e. The molecule has 7 nitrogen and oxygen atoms in total. The number of nitrogens with one attached hydrogen (secondary N) is 1. The van der Waals surface area contributed by atoms with E-state index in [4.69, 9.17) is 5.26 Å². The van der Waals surface area contributed by atoms with Crippen molar-refractivity contribution in [2.75, 3.05) is 11.9 Å². The van der Waals surface area contributed by atoms with Crippen LogP contribution in [0.4, 0.5) is 11.5 Å². The summed E-state index contributed by atoms with van der Waals surface area (Å²) in [7, 11) is 0. The maximum absolute atomic E-state index is 10.6. The van der Waals surface area contributed by atoms with Crippen LogP contribution in [0, 0.1) is 28.4 Å². The highest BCUT2D eigenvalue weighted by Crippen LogP contribution is 2.21. The summed E-state index contributed by atoms with van der Waals surface area (Å²) in [6.07, 6.45) is 0. The molecule has 0 unspecified atom stereocenters. The van der Waals surface area contributed by atoms with Gasteiger partial charge in [-0.25, -0.2) is 9.97 Å². The molecule has 1 aromatic heterocycles. The summed E-state index contributed by atoms with van der Waals surface area (Å²) in [4.78, 5) is 18.7. The van der Waals surface area contributed by atoms with Crippen LogP contribution >= 0.6 is 0 Å². The van der Waals surface area contributed by atoms with Crippen molar-refractivity contribution in [2.24, 2.45) is 0 Å². The first-order valence-corrected chi connectivity index (χ1v) is 5.81. The number of nitro groups is 1. The maximum atomic E-state index is 10.6. The summed E-state index contributed by atoms with van der Waals surface area (Å²) in [5.41, 5.74) is 1.44. The monoisotopic (exact) mass is 269 g/mol. The number of non-ortho nitro benzene ring substituents is 1. The van der Waals surface area contributed by atoms with Gasteiger partial charge in [0.1, 0.15) is 12.4 Å². The highest BCUT2D eigenvalue weighted by molar-refractivity contribution is 5.59. The third kappa shape index (κ3) is 3.05. The molecule has 0 saturated heterocycles. The molecule has 1 aromatic carbocycles. The van der Waals surface area contributed by atoms with E-state index in [-0.39, 0.29) is 12.2 Å². The van der Waals surface area contributed by atoms with E-state index in [1.807, 2.05) is 13.0 Å². The average Bonchev–Trinajstić information content (AvgIpc) is 2.44. The van der Waals surface area contributed by atoms with Crippen LogP contribution in [-0.4, -0.2) is 21.4 Å². The topological polar surface area (TPSA) is 105 Å². The molecule has 0 bridgehead atoms. The number of nitriles is 1. The van der Waals surface area contributed by atoms with Crippen molar-refractivity contribution in [3.63, 3.8) is 0 Å². The second-order valence-corrected chi connectivity index (χ2v) is 4.03. The van der Waals surface area contributed by atoms with Crippen LogP contribution in [0.1, 0.15) is 5.69 Å². The molecule has 1 heterocycles. The van der Waals surface area contributed by atoms with Gasteiger partial charge in [0, 0.05) is 29.5 Å². The molecular formula is C13H11N5O2. The maximum Gasteiger partial charge on any atom is 0.269 e. The molecule has 0 aliphatic carbocycles. The summed E-state index contributed by atoms with van der Waals surface area (Å²) in [6.45, 7) is 1.96. The zero-order valence-electron chi connectivity index (χ0n) is 10.7. The lowest BCUT2D eigenvalue weighted by molar-refractivity contribution is -0.384. The predicted molar refractivity (Wildman–Crippen MR) is 73.0 cm³/mol. The lowest BCUT2D eigenvalue weighted by Gasteiger charge is -2.06. The van der Waals surface area contributed by atoms with Crippen molar-refractivity contribution < 1.29 is 4.92 Å². The normalized spacial score (nSPS) is 9.80. The van der Waals surface area contributed by atoms with Gasteiger partial charge in [-0.05, 0) is 19.1 Å². The van der Waals surface area contributed by atoms with Crippen molar-refractivity contribution in [3.05, 3.63) is 46.1 Å². The molecule has 1 N–H and O–H groups in total. The highest BCUT2D eigenvalue weighted by atomic mass is 16.6. The third-order valence-corrected chi connectivity index (χ3v) is 2.54. The van der Waals surface area contributed by atoms with Gasteiger partial charge in [0.05, 0.1) is 11.0 Å². The van der Waals surface area contributed by atoms with Gasteiger partial charge in [0.25, 0.3) is 5.69 Å². The SMILES string of the molecule is Cc1cc(NCC#N)nc(-c2ccc([N+](=O)[O-])cc2)n1. The Labute approximate surface area is 115 Å². The Morgan fingerprint density at radius 2 is 2.05 bits per heavy atom. The van der Waals surface area contributed by atoms with Crippen molar-refractivity contribution >= 4 is 11.5 Å². The van der Waals surface area contributed by atoms with Crippen LogP contribution in [0.5, 0.6) is 0 Å². The summed E-state index contributed by atoms with van der Waals surface area (Å²) in [5, 5.41) is 22.0. The number of hydrogen-bond donors (Lipinski definition) is 1. The fourth-order valence-electron chi connectivity index (χ4n) is 1.65. The van der Waals surface area contributed by atoms with E-state index in [1.165, 1.54) is 12.1 Å². The smallest absolute Gasteiger partial charge is 0.269 e. The molecule has 0 spiro atoms.